The van der Waals surface area contributed by atoms with E-state index >= 15 is 0 Å². The zero-order valence-electron chi connectivity index (χ0n) is 17.4. The number of carbonyl (C=O) groups excluding carboxylic acids is 1. The maximum absolute atomic E-state index is 11.7. The standard InChI is InChI=1S/C23H24N2O5S/c1-3-24-21(26)14-30-18-10-9-15(12-19(18)29-4-2)11-16(13-22(27)28)23-25-17-7-5-6-8-20(17)31-23/h5-12H,3-4,13-14H2,1-2H3,(H,24,26)(H,27,28)/b16-11+. The van der Waals surface area contributed by atoms with Gasteiger partial charge in [0.05, 0.1) is 23.2 Å². The number of rotatable bonds is 10. The van der Waals surface area contributed by atoms with E-state index in [2.05, 4.69) is 10.3 Å². The van der Waals surface area contributed by atoms with E-state index in [4.69, 9.17) is 9.47 Å². The summed E-state index contributed by atoms with van der Waals surface area (Å²) in [6.07, 6.45) is 1.64. The average molecular weight is 441 g/mol. The van der Waals surface area contributed by atoms with Gasteiger partial charge in [-0.15, -0.1) is 11.3 Å². The molecule has 0 aliphatic carbocycles. The van der Waals surface area contributed by atoms with E-state index in [0.29, 0.717) is 35.2 Å². The van der Waals surface area contributed by atoms with E-state index < -0.39 is 5.97 Å². The molecule has 0 unspecified atom stereocenters. The van der Waals surface area contributed by atoms with Crippen LogP contribution < -0.4 is 14.8 Å². The average Bonchev–Trinajstić information content (AvgIpc) is 3.17. The lowest BCUT2D eigenvalue weighted by Crippen LogP contribution is -2.28. The second-order valence-corrected chi connectivity index (χ2v) is 7.64. The van der Waals surface area contributed by atoms with Gasteiger partial charge in [-0.2, -0.15) is 0 Å². The molecule has 162 valence electrons. The first-order valence-corrected chi connectivity index (χ1v) is 10.8. The van der Waals surface area contributed by atoms with Crippen LogP contribution in [-0.4, -0.2) is 41.7 Å². The molecule has 1 heterocycles. The number of carbonyl (C=O) groups is 2. The Balaban J connectivity index is 1.92. The van der Waals surface area contributed by atoms with Crippen molar-refractivity contribution in [2.45, 2.75) is 20.3 Å². The minimum absolute atomic E-state index is 0.112. The highest BCUT2D eigenvalue weighted by Crippen LogP contribution is 2.33. The highest BCUT2D eigenvalue weighted by atomic mass is 32.1. The summed E-state index contributed by atoms with van der Waals surface area (Å²) in [4.78, 5) is 27.7. The van der Waals surface area contributed by atoms with Crippen LogP contribution in [0, 0.1) is 0 Å². The van der Waals surface area contributed by atoms with Crippen molar-refractivity contribution < 1.29 is 24.2 Å². The molecule has 0 saturated carbocycles. The van der Waals surface area contributed by atoms with Crippen LogP contribution in [0.5, 0.6) is 11.5 Å². The van der Waals surface area contributed by atoms with Gasteiger partial charge in [-0.1, -0.05) is 18.2 Å². The van der Waals surface area contributed by atoms with E-state index in [1.54, 1.807) is 24.3 Å². The summed E-state index contributed by atoms with van der Waals surface area (Å²) in [5.74, 6) is -0.213. The largest absolute Gasteiger partial charge is 0.490 e. The van der Waals surface area contributed by atoms with Crippen LogP contribution in [0.2, 0.25) is 0 Å². The van der Waals surface area contributed by atoms with Gasteiger partial charge < -0.3 is 19.9 Å². The van der Waals surface area contributed by atoms with Crippen molar-refractivity contribution in [3.63, 3.8) is 0 Å². The molecular formula is C23H24N2O5S. The van der Waals surface area contributed by atoms with Gasteiger partial charge in [0.25, 0.3) is 5.91 Å². The number of nitrogens with zero attached hydrogens (tertiary/aromatic N) is 1. The quantitative estimate of drug-likeness (QED) is 0.490. The van der Waals surface area contributed by atoms with Gasteiger partial charge >= 0.3 is 5.97 Å². The Hall–Kier alpha value is -3.39. The number of carboxylic acids is 1. The summed E-state index contributed by atoms with van der Waals surface area (Å²) in [5, 5.41) is 12.7. The Morgan fingerprint density at radius 1 is 1.13 bits per heavy atom. The SMILES string of the molecule is CCNC(=O)COc1ccc(/C=C(\CC(=O)O)c2nc3ccccc3s2)cc1OCC. The fourth-order valence-corrected chi connectivity index (χ4v) is 3.93. The number of likely N-dealkylation sites (N-methyl/N-ethyl adjacent to an activating group) is 1. The van der Waals surface area contributed by atoms with Gasteiger partial charge in [0.1, 0.15) is 5.01 Å². The number of thiazole rings is 1. The maximum Gasteiger partial charge on any atom is 0.307 e. The van der Waals surface area contributed by atoms with Crippen LogP contribution >= 0.6 is 11.3 Å². The molecule has 0 atom stereocenters. The number of amides is 1. The van der Waals surface area contributed by atoms with Crippen molar-refractivity contribution in [2.75, 3.05) is 19.8 Å². The zero-order chi connectivity index (χ0) is 22.2. The van der Waals surface area contributed by atoms with Crippen LogP contribution in [-0.2, 0) is 9.59 Å². The van der Waals surface area contributed by atoms with Crippen LogP contribution in [0.1, 0.15) is 30.8 Å². The molecule has 0 bridgehead atoms. The Bertz CT molecular complexity index is 1070. The number of hydrogen-bond donors (Lipinski definition) is 2. The molecule has 3 rings (SSSR count). The van der Waals surface area contributed by atoms with Crippen LogP contribution in [0.25, 0.3) is 21.9 Å². The molecule has 0 aliphatic rings. The summed E-state index contributed by atoms with van der Waals surface area (Å²) >= 11 is 1.46. The Morgan fingerprint density at radius 2 is 1.94 bits per heavy atom. The smallest absolute Gasteiger partial charge is 0.307 e. The van der Waals surface area contributed by atoms with Gasteiger partial charge in [0.15, 0.2) is 18.1 Å². The first-order valence-electron chi connectivity index (χ1n) is 9.94. The molecule has 3 aromatic rings. The van der Waals surface area contributed by atoms with Crippen molar-refractivity contribution >= 4 is 45.1 Å². The zero-order valence-corrected chi connectivity index (χ0v) is 18.2. The number of aromatic nitrogens is 1. The Morgan fingerprint density at radius 3 is 2.65 bits per heavy atom. The molecule has 2 N–H and O–H groups in total. The first kappa shape index (κ1) is 22.3. The number of carboxylic acid groups (broad SMARTS) is 1. The van der Waals surface area contributed by atoms with Crippen molar-refractivity contribution in [2.24, 2.45) is 0 Å². The summed E-state index contributed by atoms with van der Waals surface area (Å²) in [6, 6.07) is 13.0. The molecule has 0 radical (unpaired) electrons. The summed E-state index contributed by atoms with van der Waals surface area (Å²) in [7, 11) is 0. The van der Waals surface area contributed by atoms with Gasteiger partial charge in [0, 0.05) is 6.54 Å². The highest BCUT2D eigenvalue weighted by Gasteiger charge is 2.14. The lowest BCUT2D eigenvalue weighted by molar-refractivity contribution is -0.135. The molecule has 1 aromatic heterocycles. The second-order valence-electron chi connectivity index (χ2n) is 6.61. The minimum Gasteiger partial charge on any atom is -0.490 e. The molecule has 0 fully saturated rings. The number of ether oxygens (including phenoxy) is 2. The number of para-hydroxylation sites is 1. The third kappa shape index (κ3) is 6.05. The number of nitrogens with one attached hydrogen (secondary N) is 1. The van der Waals surface area contributed by atoms with Crippen molar-refractivity contribution in [1.82, 2.24) is 10.3 Å². The highest BCUT2D eigenvalue weighted by molar-refractivity contribution is 7.19. The van der Waals surface area contributed by atoms with E-state index in [-0.39, 0.29) is 18.9 Å². The molecule has 8 heteroatoms. The topological polar surface area (TPSA) is 97.8 Å². The summed E-state index contributed by atoms with van der Waals surface area (Å²) in [6.45, 7) is 4.53. The molecular weight excluding hydrogens is 416 g/mol. The molecule has 0 saturated heterocycles. The molecule has 2 aromatic carbocycles. The summed E-state index contributed by atoms with van der Waals surface area (Å²) < 4.78 is 12.3. The normalized spacial score (nSPS) is 11.4. The van der Waals surface area contributed by atoms with Crippen LogP contribution in [0.3, 0.4) is 0 Å². The Kier molecular flexibility index (Phi) is 7.61. The number of aliphatic carboxylic acids is 1. The van der Waals surface area contributed by atoms with Gasteiger partial charge in [-0.05, 0) is 55.3 Å². The predicted octanol–water partition coefficient (Wildman–Crippen LogP) is 4.23. The van der Waals surface area contributed by atoms with Crippen LogP contribution in [0.4, 0.5) is 0 Å². The lowest BCUT2D eigenvalue weighted by Gasteiger charge is -2.13. The second kappa shape index (κ2) is 10.6. The van der Waals surface area contributed by atoms with E-state index in [0.717, 1.165) is 15.8 Å². The molecule has 31 heavy (non-hydrogen) atoms. The first-order chi connectivity index (χ1) is 15.0. The van der Waals surface area contributed by atoms with Crippen molar-refractivity contribution in [3.8, 4) is 11.5 Å². The molecule has 0 spiro atoms. The monoisotopic (exact) mass is 440 g/mol. The number of benzene rings is 2. The number of hydrogen-bond acceptors (Lipinski definition) is 6. The minimum atomic E-state index is -0.933. The van der Waals surface area contributed by atoms with E-state index in [9.17, 15) is 14.7 Å². The molecule has 0 aliphatic heterocycles. The fraction of sp³-hybridized carbons (Fsp3) is 0.261. The van der Waals surface area contributed by atoms with Crippen molar-refractivity contribution in [3.05, 3.63) is 53.0 Å². The van der Waals surface area contributed by atoms with Gasteiger partial charge in [-0.3, -0.25) is 9.59 Å². The van der Waals surface area contributed by atoms with E-state index in [1.807, 2.05) is 38.1 Å². The number of fused-ring (bicyclic) bond motifs is 1. The van der Waals surface area contributed by atoms with Crippen molar-refractivity contribution in [1.29, 1.82) is 0 Å². The molecule has 1 amide bonds. The fourth-order valence-electron chi connectivity index (χ4n) is 2.96. The van der Waals surface area contributed by atoms with E-state index in [1.165, 1.54) is 11.3 Å². The summed E-state index contributed by atoms with van der Waals surface area (Å²) in [5.41, 5.74) is 2.19. The third-order valence-electron chi connectivity index (χ3n) is 4.25. The molecule has 7 nitrogen and oxygen atoms in total. The third-order valence-corrected chi connectivity index (χ3v) is 5.36. The maximum atomic E-state index is 11.7. The Labute approximate surface area is 184 Å². The van der Waals surface area contributed by atoms with Crippen LogP contribution in [0.15, 0.2) is 42.5 Å². The van der Waals surface area contributed by atoms with Gasteiger partial charge in [0.2, 0.25) is 0 Å². The van der Waals surface area contributed by atoms with Gasteiger partial charge in [-0.25, -0.2) is 4.98 Å². The predicted molar refractivity (Wildman–Crippen MR) is 122 cm³/mol. The lowest BCUT2D eigenvalue weighted by atomic mass is 10.1.